The lowest BCUT2D eigenvalue weighted by molar-refractivity contribution is -0.169. The van der Waals surface area contributed by atoms with Crippen LogP contribution in [0.25, 0.3) is 0 Å². The van der Waals surface area contributed by atoms with Gasteiger partial charge in [-0.3, -0.25) is 19.5 Å². The zero-order chi connectivity index (χ0) is 40.3. The summed E-state index contributed by atoms with van der Waals surface area (Å²) in [4.78, 5) is 28.5. The highest BCUT2D eigenvalue weighted by Crippen LogP contribution is 2.57. The van der Waals surface area contributed by atoms with Crippen LogP contribution in [0.5, 0.6) is 0 Å². The molecule has 0 atom stereocenters. The predicted octanol–water partition coefficient (Wildman–Crippen LogP) is 4.84. The van der Waals surface area contributed by atoms with Crippen LogP contribution < -0.4 is 10.7 Å². The maximum absolute atomic E-state index is 13.6. The quantitative estimate of drug-likeness (QED) is 0.0501. The van der Waals surface area contributed by atoms with Gasteiger partial charge in [-0.25, -0.2) is 5.84 Å². The van der Waals surface area contributed by atoms with E-state index in [0.717, 1.165) is 39.8 Å². The van der Waals surface area contributed by atoms with E-state index in [1.165, 1.54) is 50.7 Å². The Bertz CT molecular complexity index is 1510. The molecule has 17 heteroatoms. The Morgan fingerprint density at radius 2 is 1.39 bits per heavy atom. The molecule has 13 nitrogen and oxygen atoms in total. The molecule has 2 amide bonds. The summed E-state index contributed by atoms with van der Waals surface area (Å²) >= 11 is 5.50. The van der Waals surface area contributed by atoms with Gasteiger partial charge in [0.15, 0.2) is 5.11 Å². The van der Waals surface area contributed by atoms with E-state index in [2.05, 4.69) is 0 Å². The molecule has 0 unspecified atom stereocenters. The van der Waals surface area contributed by atoms with Gasteiger partial charge in [-0.1, -0.05) is 0 Å². The highest BCUT2D eigenvalue weighted by atomic mass is 32.1. The molecule has 0 radical (unpaired) electrons. The summed E-state index contributed by atoms with van der Waals surface area (Å²) in [5.41, 5.74) is -2.86. The first-order valence-corrected chi connectivity index (χ1v) is 20.0. The first kappa shape index (κ1) is 44.2. The van der Waals surface area contributed by atoms with Crippen LogP contribution >= 0.6 is 12.2 Å². The lowest BCUT2D eigenvalue weighted by Gasteiger charge is -2.56. The number of carbonyl (C=O) groups is 2. The van der Waals surface area contributed by atoms with E-state index in [0.29, 0.717) is 66.1 Å². The number of anilines is 1. The second kappa shape index (κ2) is 20.1. The summed E-state index contributed by atoms with van der Waals surface area (Å²) in [5.74, 6) is 7.69. The van der Waals surface area contributed by atoms with Crippen LogP contribution in [0.1, 0.15) is 76.3 Å². The number of nitriles is 1. The molecule has 4 saturated carbocycles. The van der Waals surface area contributed by atoms with Crippen molar-refractivity contribution in [3.05, 3.63) is 29.3 Å². The monoisotopic (exact) mass is 811 g/mol. The number of halogens is 3. The van der Waals surface area contributed by atoms with Gasteiger partial charge in [0.25, 0.3) is 5.91 Å². The molecule has 312 valence electrons. The van der Waals surface area contributed by atoms with Crippen LogP contribution in [-0.4, -0.2) is 124 Å². The smallest absolute Gasteiger partial charge is 0.377 e. The molecule has 1 aliphatic heterocycles. The first-order chi connectivity index (χ1) is 26.7. The lowest BCUT2D eigenvalue weighted by Crippen LogP contribution is -2.52. The summed E-state index contributed by atoms with van der Waals surface area (Å²) in [6.45, 7) is 8.47. The topological polar surface area (TPSA) is 149 Å². The first-order valence-electron chi connectivity index (χ1n) is 19.6. The fourth-order valence-electron chi connectivity index (χ4n) is 8.77. The molecule has 5 aliphatic rings. The van der Waals surface area contributed by atoms with Gasteiger partial charge in [-0.05, 0) is 107 Å². The van der Waals surface area contributed by atoms with Crippen LogP contribution in [0.15, 0.2) is 18.2 Å². The Hall–Kier alpha value is -2.95. The highest BCUT2D eigenvalue weighted by Gasteiger charge is 2.52. The molecule has 6 rings (SSSR count). The van der Waals surface area contributed by atoms with Gasteiger partial charge in [0.1, 0.15) is 5.54 Å². The van der Waals surface area contributed by atoms with E-state index in [1.807, 2.05) is 0 Å². The number of nitrogens with two attached hydrogens (primary N) is 1. The molecule has 5 fully saturated rings. The average molecular weight is 812 g/mol. The minimum absolute atomic E-state index is 0.00520. The van der Waals surface area contributed by atoms with Crippen LogP contribution in [0.2, 0.25) is 0 Å². The van der Waals surface area contributed by atoms with E-state index in [1.54, 1.807) is 18.7 Å². The van der Waals surface area contributed by atoms with E-state index >= 15 is 0 Å². The Balaban J connectivity index is 0.829. The zero-order valence-corrected chi connectivity index (χ0v) is 33.3. The van der Waals surface area contributed by atoms with Gasteiger partial charge in [0.05, 0.1) is 108 Å². The maximum Gasteiger partial charge on any atom is 0.417 e. The second-order valence-corrected chi connectivity index (χ2v) is 16.0. The SMILES string of the molecule is CC1(C)C(=O)N(c2ccc(C#N)c(C(F)(F)F)c2)C(=S)N1CCCC(=O)N(N)CCOCCOCCOCCOCCOCCOC12CC3CC(CC(C3)C1)C2. The number of ether oxygens (including phenoxy) is 6. The third-order valence-corrected chi connectivity index (χ3v) is 11.6. The van der Waals surface area contributed by atoms with Crippen molar-refractivity contribution >= 4 is 34.8 Å². The van der Waals surface area contributed by atoms with Gasteiger partial charge < -0.3 is 33.3 Å². The van der Waals surface area contributed by atoms with Crippen molar-refractivity contribution in [2.45, 2.75) is 82.5 Å². The molecule has 56 heavy (non-hydrogen) atoms. The fraction of sp³-hybridized carbons (Fsp3) is 0.744. The fourth-order valence-corrected chi connectivity index (χ4v) is 9.28. The van der Waals surface area contributed by atoms with Crippen molar-refractivity contribution < 1.29 is 51.2 Å². The number of carbonyl (C=O) groups excluding carboxylic acids is 2. The second-order valence-electron chi connectivity index (χ2n) is 15.7. The number of amides is 2. The predicted molar refractivity (Wildman–Crippen MR) is 203 cm³/mol. The van der Waals surface area contributed by atoms with Crippen molar-refractivity contribution in [1.29, 1.82) is 5.26 Å². The van der Waals surface area contributed by atoms with E-state index in [4.69, 9.17) is 51.7 Å². The van der Waals surface area contributed by atoms with Crippen LogP contribution in [0, 0.1) is 29.1 Å². The van der Waals surface area contributed by atoms with Gasteiger partial charge in [-0.15, -0.1) is 0 Å². The van der Waals surface area contributed by atoms with Crippen molar-refractivity contribution in [3.63, 3.8) is 0 Å². The van der Waals surface area contributed by atoms with Crippen LogP contribution in [0.3, 0.4) is 0 Å². The van der Waals surface area contributed by atoms with Crippen molar-refractivity contribution in [2.75, 3.05) is 90.7 Å². The largest absolute Gasteiger partial charge is 0.417 e. The summed E-state index contributed by atoms with van der Waals surface area (Å²) in [7, 11) is 0. The third kappa shape index (κ3) is 11.6. The number of hydrogen-bond donors (Lipinski definition) is 1. The number of rotatable bonds is 24. The van der Waals surface area contributed by atoms with Crippen molar-refractivity contribution in [2.24, 2.45) is 23.6 Å². The molecule has 4 bridgehead atoms. The molecule has 0 aromatic heterocycles. The Morgan fingerprint density at radius 1 is 0.893 bits per heavy atom. The Morgan fingerprint density at radius 3 is 1.89 bits per heavy atom. The zero-order valence-electron chi connectivity index (χ0n) is 32.5. The normalized spacial score (nSPS) is 24.0. The number of thiocarbonyl (C=S) groups is 1. The van der Waals surface area contributed by atoms with E-state index < -0.39 is 28.7 Å². The maximum atomic E-state index is 13.6. The number of benzene rings is 1. The molecular weight excluding hydrogens is 756 g/mol. The number of alkyl halides is 3. The van der Waals surface area contributed by atoms with Crippen molar-refractivity contribution in [3.8, 4) is 6.07 Å². The molecule has 1 aromatic carbocycles. The average Bonchev–Trinajstić information content (AvgIpc) is 3.31. The van der Waals surface area contributed by atoms with Gasteiger partial charge in [-0.2, -0.15) is 18.4 Å². The van der Waals surface area contributed by atoms with Crippen LogP contribution in [0.4, 0.5) is 18.9 Å². The van der Waals surface area contributed by atoms with Gasteiger partial charge in [0.2, 0.25) is 5.91 Å². The molecule has 1 heterocycles. The minimum Gasteiger partial charge on any atom is -0.377 e. The summed E-state index contributed by atoms with van der Waals surface area (Å²) in [6.07, 6.45) is 3.50. The number of hydrazine groups is 1. The summed E-state index contributed by atoms with van der Waals surface area (Å²) < 4.78 is 74.9. The van der Waals surface area contributed by atoms with Crippen LogP contribution in [-0.2, 0) is 44.2 Å². The minimum atomic E-state index is -4.79. The van der Waals surface area contributed by atoms with Gasteiger partial charge >= 0.3 is 6.18 Å². The molecule has 2 N–H and O–H groups in total. The summed E-state index contributed by atoms with van der Waals surface area (Å²) in [6, 6.07) is 4.54. The third-order valence-electron chi connectivity index (χ3n) is 11.2. The van der Waals surface area contributed by atoms with E-state index in [9.17, 15) is 22.8 Å². The molecule has 4 aliphatic carbocycles. The number of hydrogen-bond acceptors (Lipinski definition) is 11. The lowest BCUT2D eigenvalue weighted by atomic mass is 9.54. The Kier molecular flexibility index (Phi) is 15.9. The Labute approximate surface area is 332 Å². The molecular formula is C39H56F3N5O8S. The highest BCUT2D eigenvalue weighted by molar-refractivity contribution is 7.80. The van der Waals surface area contributed by atoms with Gasteiger partial charge in [0, 0.05) is 13.0 Å². The summed E-state index contributed by atoms with van der Waals surface area (Å²) in [5, 5.41) is 10.2. The van der Waals surface area contributed by atoms with E-state index in [-0.39, 0.29) is 54.8 Å². The molecule has 0 spiro atoms. The number of nitrogens with zero attached hydrogens (tertiary/aromatic N) is 4. The molecule has 1 aromatic rings. The standard InChI is InChI=1S/C39H56F3N5O8S/c1-37(2)35(49)47(32-6-5-31(27-43)33(23-32)39(40,41)42)36(56)45(37)7-3-4-34(48)46(44)8-9-50-10-11-51-12-13-52-14-15-53-16-17-54-18-19-55-38-24-28-20-29(25-38)22-30(21-28)26-38/h5-6,23,28-30H,3-4,7-22,24-26,44H2,1-2H3. The van der Waals surface area contributed by atoms with Crippen molar-refractivity contribution in [1.82, 2.24) is 9.91 Å². The molecule has 1 saturated heterocycles.